The average Bonchev–Trinajstić information content (AvgIpc) is 2.26. The van der Waals surface area contributed by atoms with Crippen molar-refractivity contribution in [3.05, 3.63) is 17.7 Å². The van der Waals surface area contributed by atoms with Crippen molar-refractivity contribution in [3.63, 3.8) is 0 Å². The summed E-state index contributed by atoms with van der Waals surface area (Å²) < 4.78 is 10.6. The normalized spacial score (nSPS) is 11.3. The van der Waals surface area contributed by atoms with Crippen molar-refractivity contribution in [3.8, 4) is 11.5 Å². The molecule has 0 aliphatic heterocycles. The molecular weight excluding hydrogens is 232 g/mol. The van der Waals surface area contributed by atoms with E-state index in [9.17, 15) is 0 Å². The van der Waals surface area contributed by atoms with Crippen LogP contribution in [0.2, 0.25) is 0 Å². The lowest BCUT2D eigenvalue weighted by Gasteiger charge is -2.22. The molecule has 0 aliphatic rings. The molecule has 0 saturated heterocycles. The molecule has 3 nitrogen and oxygen atoms in total. The van der Waals surface area contributed by atoms with Gasteiger partial charge < -0.3 is 15.2 Å². The van der Waals surface area contributed by atoms with E-state index in [1.807, 2.05) is 18.4 Å². The van der Waals surface area contributed by atoms with E-state index in [2.05, 4.69) is 0 Å². The molecule has 2 N–H and O–H groups in total. The van der Waals surface area contributed by atoms with Crippen LogP contribution in [0.25, 0.3) is 0 Å². The van der Waals surface area contributed by atoms with Crippen molar-refractivity contribution >= 4 is 27.5 Å². The summed E-state index contributed by atoms with van der Waals surface area (Å²) in [5, 5.41) is -1.26. The molecule has 0 aliphatic carbocycles. The first-order valence-electron chi connectivity index (χ1n) is 5.06. The zero-order valence-electron chi connectivity index (χ0n) is 10.3. The lowest BCUT2D eigenvalue weighted by atomic mass is 9.60. The van der Waals surface area contributed by atoms with Gasteiger partial charge in [-0.2, -0.15) is 0 Å². The molecule has 0 fully saturated rings. The summed E-state index contributed by atoms with van der Waals surface area (Å²) in [6, 6.07) is 3.75. The number of rotatable bonds is 5. The number of ether oxygens (including phenoxy) is 2. The summed E-state index contributed by atoms with van der Waals surface area (Å²) in [4.78, 5) is 0.991. The van der Waals surface area contributed by atoms with Gasteiger partial charge in [0, 0.05) is 0 Å². The van der Waals surface area contributed by atoms with Crippen LogP contribution in [0.4, 0.5) is 0 Å². The van der Waals surface area contributed by atoms with Gasteiger partial charge in [0.1, 0.15) is 11.5 Å². The number of thioether (sulfide) groups is 1. The fraction of sp³-hybridized carbons (Fsp3) is 0.455. The van der Waals surface area contributed by atoms with Crippen molar-refractivity contribution in [1.29, 1.82) is 0 Å². The van der Waals surface area contributed by atoms with Crippen LogP contribution in [0, 0.1) is 0 Å². The number of benzene rings is 1. The minimum Gasteiger partial charge on any atom is -0.496 e. The Morgan fingerprint density at radius 3 is 2.24 bits per heavy atom. The topological polar surface area (TPSA) is 44.5 Å². The van der Waals surface area contributed by atoms with Crippen molar-refractivity contribution in [1.82, 2.24) is 0 Å². The smallest absolute Gasteiger partial charge is 0.132 e. The van der Waals surface area contributed by atoms with Gasteiger partial charge in [-0.15, -0.1) is 11.8 Å². The molecule has 0 bridgehead atoms. The summed E-state index contributed by atoms with van der Waals surface area (Å²) in [6.45, 7) is 0. The predicted octanol–water partition coefficient (Wildman–Crippen LogP) is 0.918. The van der Waals surface area contributed by atoms with E-state index in [1.165, 1.54) is 0 Å². The summed E-state index contributed by atoms with van der Waals surface area (Å²) in [5.74, 6) is 1.47. The average molecular weight is 247 g/mol. The minimum atomic E-state index is -1.26. The summed E-state index contributed by atoms with van der Waals surface area (Å²) in [5.41, 5.74) is 6.44. The Morgan fingerprint density at radius 2 is 1.82 bits per heavy atom. The van der Waals surface area contributed by atoms with Gasteiger partial charge in [-0.25, -0.2) is 0 Å². The third-order valence-corrected chi connectivity index (χ3v) is 3.04. The largest absolute Gasteiger partial charge is 0.496 e. The molecular formula is C11H15B2NO2S. The van der Waals surface area contributed by atoms with E-state index in [4.69, 9.17) is 30.9 Å². The van der Waals surface area contributed by atoms with Gasteiger partial charge in [0.15, 0.2) is 0 Å². The molecule has 4 radical (unpaired) electrons. The maximum absolute atomic E-state index is 5.61. The van der Waals surface area contributed by atoms with Crippen molar-refractivity contribution in [2.45, 2.75) is 16.7 Å². The maximum atomic E-state index is 5.61. The van der Waals surface area contributed by atoms with Crippen LogP contribution in [-0.4, -0.2) is 41.5 Å². The van der Waals surface area contributed by atoms with E-state index >= 15 is 0 Å². The summed E-state index contributed by atoms with van der Waals surface area (Å²) in [7, 11) is 14.4. The number of nitrogens with two attached hydrogens (primary N) is 1. The van der Waals surface area contributed by atoms with E-state index in [0.717, 1.165) is 16.2 Å². The zero-order chi connectivity index (χ0) is 13.1. The summed E-state index contributed by atoms with van der Waals surface area (Å²) >= 11 is 1.58. The first kappa shape index (κ1) is 14.3. The highest BCUT2D eigenvalue weighted by atomic mass is 32.2. The van der Waals surface area contributed by atoms with E-state index in [0.29, 0.717) is 12.2 Å². The van der Waals surface area contributed by atoms with Crippen LogP contribution in [0.1, 0.15) is 5.56 Å². The molecule has 0 aromatic heterocycles. The van der Waals surface area contributed by atoms with Gasteiger partial charge in [0.25, 0.3) is 0 Å². The zero-order valence-corrected chi connectivity index (χ0v) is 11.1. The van der Waals surface area contributed by atoms with Crippen molar-refractivity contribution in [2.24, 2.45) is 5.73 Å². The standard InChI is InChI=1S/C11H15B2NO2S/c1-15-8-5-10(17-3)9(16-2)4-7(8)6-11(12,13)14/h4-5H,6,14H2,1-3H3. The molecule has 0 spiro atoms. The molecule has 0 atom stereocenters. The van der Waals surface area contributed by atoms with Crippen molar-refractivity contribution < 1.29 is 9.47 Å². The second kappa shape index (κ2) is 5.74. The van der Waals surface area contributed by atoms with Gasteiger partial charge in [-0.3, -0.25) is 0 Å². The Balaban J connectivity index is 3.19. The summed E-state index contributed by atoms with van der Waals surface area (Å²) in [6.07, 6.45) is 2.28. The third-order valence-electron chi connectivity index (χ3n) is 2.28. The molecule has 88 valence electrons. The quantitative estimate of drug-likeness (QED) is 0.620. The molecule has 1 aromatic carbocycles. The van der Waals surface area contributed by atoms with Crippen LogP contribution in [-0.2, 0) is 6.42 Å². The molecule has 6 heteroatoms. The molecule has 17 heavy (non-hydrogen) atoms. The Labute approximate surface area is 109 Å². The van der Waals surface area contributed by atoms with Crippen LogP contribution in [0.15, 0.2) is 17.0 Å². The molecule has 0 unspecified atom stereocenters. The van der Waals surface area contributed by atoms with Crippen molar-refractivity contribution in [2.75, 3.05) is 20.5 Å². The first-order valence-corrected chi connectivity index (χ1v) is 6.29. The highest BCUT2D eigenvalue weighted by molar-refractivity contribution is 7.98. The van der Waals surface area contributed by atoms with Crippen LogP contribution >= 0.6 is 11.8 Å². The van der Waals surface area contributed by atoms with Gasteiger partial charge in [-0.05, 0) is 30.4 Å². The molecule has 0 saturated carbocycles. The minimum absolute atomic E-state index is 0.307. The number of hydrogen-bond acceptors (Lipinski definition) is 4. The Hall–Kier alpha value is -0.740. The molecule has 0 amide bonds. The highest BCUT2D eigenvalue weighted by Gasteiger charge is 2.17. The third kappa shape index (κ3) is 3.89. The first-order chi connectivity index (χ1) is 7.91. The molecule has 1 aromatic rings. The fourth-order valence-electron chi connectivity index (χ4n) is 1.56. The second-order valence-electron chi connectivity index (χ2n) is 3.81. The number of methoxy groups -OCH3 is 2. The van der Waals surface area contributed by atoms with Crippen LogP contribution in [0.5, 0.6) is 11.5 Å². The second-order valence-corrected chi connectivity index (χ2v) is 4.66. The van der Waals surface area contributed by atoms with E-state index in [1.54, 1.807) is 26.0 Å². The lowest BCUT2D eigenvalue weighted by molar-refractivity contribution is 0.390. The van der Waals surface area contributed by atoms with E-state index < -0.39 is 5.34 Å². The maximum Gasteiger partial charge on any atom is 0.132 e. The Kier molecular flexibility index (Phi) is 4.83. The lowest BCUT2D eigenvalue weighted by Crippen LogP contribution is -2.43. The predicted molar refractivity (Wildman–Crippen MR) is 73.5 cm³/mol. The van der Waals surface area contributed by atoms with Gasteiger partial charge in [-0.1, -0.05) is 5.34 Å². The van der Waals surface area contributed by atoms with E-state index in [-0.39, 0.29) is 0 Å². The SMILES string of the molecule is [B]C([B])(N)Cc1cc(OC)c(SC)cc1OC. The van der Waals surface area contributed by atoms with Gasteiger partial charge in [0.2, 0.25) is 0 Å². The number of hydrogen-bond donors (Lipinski definition) is 1. The van der Waals surface area contributed by atoms with Gasteiger partial charge in [0.05, 0.1) is 34.8 Å². The van der Waals surface area contributed by atoms with Gasteiger partial charge >= 0.3 is 0 Å². The highest BCUT2D eigenvalue weighted by Crippen LogP contribution is 2.35. The molecule has 1 rings (SSSR count). The Bertz CT molecular complexity index is 394. The monoisotopic (exact) mass is 247 g/mol. The fourth-order valence-corrected chi connectivity index (χ4v) is 2.13. The molecule has 0 heterocycles. The Morgan fingerprint density at radius 1 is 1.24 bits per heavy atom. The van der Waals surface area contributed by atoms with Crippen LogP contribution in [0.3, 0.4) is 0 Å². The van der Waals surface area contributed by atoms with Crippen LogP contribution < -0.4 is 15.2 Å².